The molecule has 15 heavy (non-hydrogen) atoms. The van der Waals surface area contributed by atoms with E-state index < -0.39 is 0 Å². The van der Waals surface area contributed by atoms with Gasteiger partial charge in [0.2, 0.25) is 0 Å². The van der Waals surface area contributed by atoms with Crippen LogP contribution in [0, 0.1) is 0 Å². The molecule has 3 N–H and O–H groups in total. The second kappa shape index (κ2) is 6.49. The molecule has 0 saturated carbocycles. The van der Waals surface area contributed by atoms with Crippen molar-refractivity contribution in [3.05, 3.63) is 12.2 Å². The van der Waals surface area contributed by atoms with Gasteiger partial charge in [0.25, 0.3) is 0 Å². The zero-order chi connectivity index (χ0) is 11.1. The van der Waals surface area contributed by atoms with Gasteiger partial charge in [0.15, 0.2) is 0 Å². The van der Waals surface area contributed by atoms with Gasteiger partial charge in [-0.15, -0.1) is 0 Å². The quantitative estimate of drug-likeness (QED) is 0.366. The van der Waals surface area contributed by atoms with Gasteiger partial charge in [-0.3, -0.25) is 16.0 Å². The molecule has 0 bridgehead atoms. The molecule has 6 nitrogen and oxygen atoms in total. The third kappa shape index (κ3) is 3.94. The van der Waals surface area contributed by atoms with Crippen LogP contribution in [0.15, 0.2) is 6.33 Å². The minimum atomic E-state index is 0.225. The molecule has 0 aliphatic rings. The van der Waals surface area contributed by atoms with Gasteiger partial charge < -0.3 is 4.74 Å². The number of aromatic nitrogens is 3. The van der Waals surface area contributed by atoms with Crippen molar-refractivity contribution in [1.82, 2.24) is 20.2 Å². The number of hydrazine groups is 1. The Kier molecular flexibility index (Phi) is 5.23. The number of nitrogens with two attached hydrogens (primary N) is 1. The normalized spacial score (nSPS) is 13.0. The van der Waals surface area contributed by atoms with E-state index in [1.54, 1.807) is 18.1 Å². The Morgan fingerprint density at radius 3 is 3.00 bits per heavy atom. The van der Waals surface area contributed by atoms with Crippen LogP contribution < -0.4 is 11.3 Å². The van der Waals surface area contributed by atoms with Gasteiger partial charge in [0.05, 0.1) is 0 Å². The molecule has 1 unspecified atom stereocenters. The molecule has 1 aromatic heterocycles. The highest BCUT2D eigenvalue weighted by Crippen LogP contribution is 2.03. The highest BCUT2D eigenvalue weighted by atomic mass is 16.5. The second-order valence-corrected chi connectivity index (χ2v) is 3.50. The maximum absolute atomic E-state index is 5.47. The smallest absolute Gasteiger partial charge is 0.138 e. The number of hydrogen-bond donors (Lipinski definition) is 2. The van der Waals surface area contributed by atoms with E-state index in [1.165, 1.54) is 0 Å². The number of nitrogens with one attached hydrogen (secondary N) is 1. The SMILES string of the molecule is COCCCC(Cc1ncnn1C)NN. The van der Waals surface area contributed by atoms with Crippen LogP contribution in [0.25, 0.3) is 0 Å². The van der Waals surface area contributed by atoms with E-state index in [1.807, 2.05) is 7.05 Å². The van der Waals surface area contributed by atoms with E-state index in [9.17, 15) is 0 Å². The molecule has 0 fully saturated rings. The van der Waals surface area contributed by atoms with E-state index in [-0.39, 0.29) is 6.04 Å². The van der Waals surface area contributed by atoms with Crippen LogP contribution in [0.3, 0.4) is 0 Å². The van der Waals surface area contributed by atoms with Crippen molar-refractivity contribution in [3.63, 3.8) is 0 Å². The maximum atomic E-state index is 5.47. The van der Waals surface area contributed by atoms with E-state index in [0.717, 1.165) is 31.7 Å². The van der Waals surface area contributed by atoms with Gasteiger partial charge in [-0.1, -0.05) is 0 Å². The van der Waals surface area contributed by atoms with Gasteiger partial charge >= 0.3 is 0 Å². The maximum Gasteiger partial charge on any atom is 0.138 e. The van der Waals surface area contributed by atoms with Crippen LogP contribution in [0.4, 0.5) is 0 Å². The molecule has 0 radical (unpaired) electrons. The van der Waals surface area contributed by atoms with Crippen molar-refractivity contribution in [2.24, 2.45) is 12.9 Å². The lowest BCUT2D eigenvalue weighted by Gasteiger charge is -2.14. The summed E-state index contributed by atoms with van der Waals surface area (Å²) in [4.78, 5) is 4.16. The molecule has 0 aromatic carbocycles. The molecule has 1 aromatic rings. The summed E-state index contributed by atoms with van der Waals surface area (Å²) in [6, 6.07) is 0.225. The van der Waals surface area contributed by atoms with Crippen molar-refractivity contribution in [3.8, 4) is 0 Å². The van der Waals surface area contributed by atoms with Crippen LogP contribution in [-0.4, -0.2) is 34.5 Å². The van der Waals surface area contributed by atoms with Gasteiger partial charge in [-0.25, -0.2) is 4.98 Å². The summed E-state index contributed by atoms with van der Waals surface area (Å²) in [5, 5.41) is 4.01. The van der Waals surface area contributed by atoms with Crippen LogP contribution in [0.5, 0.6) is 0 Å². The van der Waals surface area contributed by atoms with Crippen molar-refractivity contribution in [1.29, 1.82) is 0 Å². The third-order valence-electron chi connectivity index (χ3n) is 2.37. The van der Waals surface area contributed by atoms with Gasteiger partial charge in [-0.2, -0.15) is 5.10 Å². The zero-order valence-electron chi connectivity index (χ0n) is 9.31. The fourth-order valence-electron chi connectivity index (χ4n) is 1.44. The van der Waals surface area contributed by atoms with Crippen molar-refractivity contribution in [2.75, 3.05) is 13.7 Å². The van der Waals surface area contributed by atoms with Crippen molar-refractivity contribution >= 4 is 0 Å². The molecule has 0 aliphatic carbocycles. The van der Waals surface area contributed by atoms with Crippen molar-refractivity contribution < 1.29 is 4.74 Å². The zero-order valence-corrected chi connectivity index (χ0v) is 9.31. The Morgan fingerprint density at radius 2 is 2.47 bits per heavy atom. The average Bonchev–Trinajstić information content (AvgIpc) is 2.63. The highest BCUT2D eigenvalue weighted by molar-refractivity contribution is 4.88. The van der Waals surface area contributed by atoms with Crippen LogP contribution in [-0.2, 0) is 18.2 Å². The lowest BCUT2D eigenvalue weighted by Crippen LogP contribution is -2.37. The molecule has 0 spiro atoms. The van der Waals surface area contributed by atoms with Crippen LogP contribution in [0.2, 0.25) is 0 Å². The first-order valence-corrected chi connectivity index (χ1v) is 5.06. The number of rotatable bonds is 7. The molecular weight excluding hydrogens is 194 g/mol. The third-order valence-corrected chi connectivity index (χ3v) is 2.37. The van der Waals surface area contributed by atoms with E-state index in [0.29, 0.717) is 0 Å². The molecule has 0 saturated heterocycles. The Balaban J connectivity index is 2.36. The summed E-state index contributed by atoms with van der Waals surface area (Å²) in [6.07, 6.45) is 4.30. The first-order chi connectivity index (χ1) is 7.27. The number of aryl methyl sites for hydroxylation is 1. The van der Waals surface area contributed by atoms with Gasteiger partial charge in [0, 0.05) is 33.2 Å². The molecule has 0 aliphatic heterocycles. The summed E-state index contributed by atoms with van der Waals surface area (Å²) in [6.45, 7) is 0.761. The predicted octanol–water partition coefficient (Wildman–Crippen LogP) is -0.384. The number of ether oxygens (including phenoxy) is 1. The Labute approximate surface area is 89.8 Å². The standard InChI is InChI=1S/C9H19N5O/c1-14-9(11-7-12-14)6-8(13-10)4-3-5-15-2/h7-8,13H,3-6,10H2,1-2H3. The molecule has 0 amide bonds. The second-order valence-electron chi connectivity index (χ2n) is 3.50. The molecule has 86 valence electrons. The molecular formula is C9H19N5O. The molecule has 1 atom stereocenters. The topological polar surface area (TPSA) is 78.0 Å². The summed E-state index contributed by atoms with van der Waals surface area (Å²) in [5.74, 6) is 6.41. The Hall–Kier alpha value is -0.980. The van der Waals surface area contributed by atoms with Gasteiger partial charge in [-0.05, 0) is 12.8 Å². The van der Waals surface area contributed by atoms with E-state index >= 15 is 0 Å². The summed E-state index contributed by atoms with van der Waals surface area (Å²) in [7, 11) is 3.58. The summed E-state index contributed by atoms with van der Waals surface area (Å²) >= 11 is 0. The van der Waals surface area contributed by atoms with E-state index in [4.69, 9.17) is 10.6 Å². The first-order valence-electron chi connectivity index (χ1n) is 5.06. The van der Waals surface area contributed by atoms with E-state index in [2.05, 4.69) is 15.5 Å². The average molecular weight is 213 g/mol. The van der Waals surface area contributed by atoms with Crippen LogP contribution >= 0.6 is 0 Å². The summed E-state index contributed by atoms with van der Waals surface area (Å²) < 4.78 is 6.76. The monoisotopic (exact) mass is 213 g/mol. The predicted molar refractivity (Wildman–Crippen MR) is 56.9 cm³/mol. The van der Waals surface area contributed by atoms with Gasteiger partial charge in [0.1, 0.15) is 12.2 Å². The fourth-order valence-corrected chi connectivity index (χ4v) is 1.44. The molecule has 1 heterocycles. The fraction of sp³-hybridized carbons (Fsp3) is 0.778. The Morgan fingerprint density at radius 1 is 1.67 bits per heavy atom. The number of methoxy groups -OCH3 is 1. The van der Waals surface area contributed by atoms with Crippen LogP contribution in [0.1, 0.15) is 18.7 Å². The summed E-state index contributed by atoms with van der Waals surface area (Å²) in [5.41, 5.74) is 2.79. The lowest BCUT2D eigenvalue weighted by molar-refractivity contribution is 0.188. The minimum Gasteiger partial charge on any atom is -0.385 e. The first kappa shape index (κ1) is 12.1. The largest absolute Gasteiger partial charge is 0.385 e. The molecule has 1 rings (SSSR count). The van der Waals surface area contributed by atoms with Crippen molar-refractivity contribution in [2.45, 2.75) is 25.3 Å². The lowest BCUT2D eigenvalue weighted by atomic mass is 10.1. The Bertz CT molecular complexity index is 275. The highest BCUT2D eigenvalue weighted by Gasteiger charge is 2.10. The number of nitrogens with zero attached hydrogens (tertiary/aromatic N) is 3. The molecule has 6 heteroatoms. The number of hydrogen-bond acceptors (Lipinski definition) is 5. The minimum absolute atomic E-state index is 0.225.